The normalized spacial score (nSPS) is 11.6. The summed E-state index contributed by atoms with van der Waals surface area (Å²) in [7, 11) is 4.29. The van der Waals surface area contributed by atoms with Gasteiger partial charge in [-0.1, -0.05) is 37.0 Å². The van der Waals surface area contributed by atoms with Crippen molar-refractivity contribution in [1.82, 2.24) is 20.4 Å². The third-order valence-corrected chi connectivity index (χ3v) is 5.97. The average Bonchev–Trinajstić information content (AvgIpc) is 2.82. The van der Waals surface area contributed by atoms with Crippen molar-refractivity contribution in [3.05, 3.63) is 33.8 Å². The fourth-order valence-corrected chi connectivity index (χ4v) is 3.64. The molecule has 0 bridgehead atoms. The van der Waals surface area contributed by atoms with Gasteiger partial charge >= 0.3 is 7.12 Å². The Morgan fingerprint density at radius 1 is 1.00 bits per heavy atom. The van der Waals surface area contributed by atoms with E-state index in [4.69, 9.17) is 27.9 Å². The summed E-state index contributed by atoms with van der Waals surface area (Å²) in [5.74, 6) is -5.19. The number of halogens is 2. The maximum atomic E-state index is 12.9. The van der Waals surface area contributed by atoms with Crippen LogP contribution in [0.2, 0.25) is 10.0 Å². The van der Waals surface area contributed by atoms with Gasteiger partial charge in [-0.2, -0.15) is 0 Å². The molecule has 210 valence electrons. The van der Waals surface area contributed by atoms with Crippen LogP contribution < -0.4 is 10.6 Å². The van der Waals surface area contributed by atoms with Crippen molar-refractivity contribution in [3.8, 4) is 0 Å². The number of nitrogens with zero attached hydrogens (tertiary/aromatic N) is 2. The third-order valence-electron chi connectivity index (χ3n) is 5.41. The van der Waals surface area contributed by atoms with E-state index in [1.54, 1.807) is 0 Å². The monoisotopic (exact) mass is 572 g/mol. The lowest BCUT2D eigenvalue weighted by Crippen LogP contribution is -2.52. The molecular formula is C24H35BCl2N4O7. The average molecular weight is 573 g/mol. The zero-order chi connectivity index (χ0) is 29.2. The highest BCUT2D eigenvalue weighted by molar-refractivity contribution is 6.47. The van der Waals surface area contributed by atoms with Crippen molar-refractivity contribution in [2.24, 2.45) is 11.8 Å². The molecule has 4 amide bonds. The van der Waals surface area contributed by atoms with Gasteiger partial charge in [0.1, 0.15) is 0 Å². The zero-order valence-electron chi connectivity index (χ0n) is 22.4. The van der Waals surface area contributed by atoms with Gasteiger partial charge in [-0.05, 0) is 30.5 Å². The highest BCUT2D eigenvalue weighted by Crippen LogP contribution is 2.20. The molecule has 3 N–H and O–H groups in total. The molecule has 0 saturated heterocycles. The second-order valence-corrected chi connectivity index (χ2v) is 10.5. The van der Waals surface area contributed by atoms with Gasteiger partial charge in [0, 0.05) is 46.1 Å². The molecule has 1 aromatic carbocycles. The first kappa shape index (κ1) is 33.2. The van der Waals surface area contributed by atoms with Crippen LogP contribution in [-0.2, 0) is 23.8 Å². The van der Waals surface area contributed by atoms with Crippen LogP contribution in [0, 0.1) is 11.8 Å². The minimum Gasteiger partial charge on any atom is -0.508 e. The number of amides is 4. The molecule has 0 radical (unpaired) electrons. The smallest absolute Gasteiger partial charge is 0.508 e. The van der Waals surface area contributed by atoms with E-state index in [1.807, 2.05) is 13.8 Å². The highest BCUT2D eigenvalue weighted by atomic mass is 35.5. The van der Waals surface area contributed by atoms with E-state index in [1.165, 1.54) is 56.2 Å². The van der Waals surface area contributed by atoms with Gasteiger partial charge in [-0.3, -0.25) is 24.0 Å². The Morgan fingerprint density at radius 3 is 2.05 bits per heavy atom. The summed E-state index contributed by atoms with van der Waals surface area (Å²) < 4.78 is 5.20. The Hall–Kier alpha value is -2.83. The third kappa shape index (κ3) is 11.3. The Morgan fingerprint density at radius 2 is 1.55 bits per heavy atom. The Kier molecular flexibility index (Phi) is 13.6. The SMILES string of the molecule is CC(C)C[C@H](NC(=O)CNC(=O)c1cc(Cl)ccc1Cl)B(O)OC(=O)C(CC(=O)N(C)C)CC(=O)N(C)C. The van der Waals surface area contributed by atoms with Crippen molar-refractivity contribution < 1.29 is 33.7 Å². The highest BCUT2D eigenvalue weighted by Gasteiger charge is 2.36. The number of carbonyl (C=O) groups excluding carboxylic acids is 5. The summed E-state index contributed by atoms with van der Waals surface area (Å²) in [6.07, 6.45) is -0.360. The molecule has 14 heteroatoms. The molecule has 0 aliphatic heterocycles. The van der Waals surface area contributed by atoms with E-state index < -0.39 is 55.1 Å². The molecule has 0 spiro atoms. The molecule has 1 aromatic rings. The predicted molar refractivity (Wildman–Crippen MR) is 144 cm³/mol. The number of rotatable bonds is 13. The molecule has 0 unspecified atom stereocenters. The molecule has 0 aliphatic rings. The first-order valence-electron chi connectivity index (χ1n) is 11.9. The van der Waals surface area contributed by atoms with E-state index in [0.29, 0.717) is 5.02 Å². The Balaban J connectivity index is 2.89. The molecule has 1 rings (SSSR count). The zero-order valence-corrected chi connectivity index (χ0v) is 23.9. The van der Waals surface area contributed by atoms with E-state index in [2.05, 4.69) is 10.6 Å². The largest absolute Gasteiger partial charge is 0.548 e. The summed E-state index contributed by atoms with van der Waals surface area (Å²) >= 11 is 11.9. The van der Waals surface area contributed by atoms with Crippen LogP contribution in [0.5, 0.6) is 0 Å². The number of benzene rings is 1. The first-order valence-corrected chi connectivity index (χ1v) is 12.7. The maximum absolute atomic E-state index is 12.9. The van der Waals surface area contributed by atoms with E-state index in [0.717, 1.165) is 0 Å². The van der Waals surface area contributed by atoms with Gasteiger partial charge in [-0.25, -0.2) is 0 Å². The summed E-state index contributed by atoms with van der Waals surface area (Å²) in [4.78, 5) is 64.8. The van der Waals surface area contributed by atoms with Gasteiger partial charge in [0.05, 0.1) is 29.0 Å². The molecule has 1 atom stereocenters. The minimum atomic E-state index is -1.77. The predicted octanol–water partition coefficient (Wildman–Crippen LogP) is 1.39. The molecule has 11 nitrogen and oxygen atoms in total. The minimum absolute atomic E-state index is 0.0186. The van der Waals surface area contributed by atoms with E-state index in [-0.39, 0.29) is 35.8 Å². The van der Waals surface area contributed by atoms with Crippen molar-refractivity contribution in [2.75, 3.05) is 34.7 Å². The van der Waals surface area contributed by atoms with Crippen LogP contribution in [0.4, 0.5) is 0 Å². The topological polar surface area (TPSA) is 145 Å². The van der Waals surface area contributed by atoms with Crippen LogP contribution in [0.15, 0.2) is 18.2 Å². The van der Waals surface area contributed by atoms with Crippen molar-refractivity contribution in [1.29, 1.82) is 0 Å². The number of nitrogens with one attached hydrogen (secondary N) is 2. The van der Waals surface area contributed by atoms with Crippen LogP contribution in [-0.4, -0.2) is 92.2 Å². The van der Waals surface area contributed by atoms with Crippen LogP contribution in [0.25, 0.3) is 0 Å². The van der Waals surface area contributed by atoms with Crippen molar-refractivity contribution >= 4 is 59.9 Å². The van der Waals surface area contributed by atoms with E-state index in [9.17, 15) is 29.0 Å². The lowest BCUT2D eigenvalue weighted by Gasteiger charge is -2.25. The molecule has 0 heterocycles. The lowest BCUT2D eigenvalue weighted by molar-refractivity contribution is -0.147. The summed E-state index contributed by atoms with van der Waals surface area (Å²) in [5.41, 5.74) is 0.0882. The molecule has 38 heavy (non-hydrogen) atoms. The van der Waals surface area contributed by atoms with E-state index >= 15 is 0 Å². The van der Waals surface area contributed by atoms with Gasteiger partial charge < -0.3 is 30.1 Å². The first-order chi connectivity index (χ1) is 17.6. The second kappa shape index (κ2) is 15.6. The maximum Gasteiger partial charge on any atom is 0.548 e. The quantitative estimate of drug-likeness (QED) is 0.303. The molecule has 0 fully saturated rings. The van der Waals surface area contributed by atoms with Crippen LogP contribution in [0.1, 0.15) is 43.5 Å². The Labute approximate surface area is 233 Å². The number of carbonyl (C=O) groups is 5. The number of hydrogen-bond acceptors (Lipinski definition) is 7. The van der Waals surface area contributed by atoms with Gasteiger partial charge in [0.25, 0.3) is 11.9 Å². The molecular weight excluding hydrogens is 538 g/mol. The van der Waals surface area contributed by atoms with Gasteiger partial charge in [-0.15, -0.1) is 0 Å². The van der Waals surface area contributed by atoms with Crippen LogP contribution in [0.3, 0.4) is 0 Å². The van der Waals surface area contributed by atoms with Gasteiger partial charge in [0.2, 0.25) is 17.7 Å². The summed E-state index contributed by atoms with van der Waals surface area (Å²) in [6.45, 7) is 3.23. The molecule has 0 saturated carbocycles. The Bertz CT molecular complexity index is 1000. The molecule has 0 aromatic heterocycles. The van der Waals surface area contributed by atoms with Crippen molar-refractivity contribution in [3.63, 3.8) is 0 Å². The summed E-state index contributed by atoms with van der Waals surface area (Å²) in [6, 6.07) is 4.33. The van der Waals surface area contributed by atoms with Gasteiger partial charge in [0.15, 0.2) is 0 Å². The molecule has 0 aliphatic carbocycles. The van der Waals surface area contributed by atoms with Crippen LogP contribution >= 0.6 is 23.2 Å². The number of hydrogen-bond donors (Lipinski definition) is 3. The lowest BCUT2D eigenvalue weighted by atomic mass is 9.74. The second-order valence-electron chi connectivity index (χ2n) is 9.62. The summed E-state index contributed by atoms with van der Waals surface area (Å²) in [5, 5.41) is 16.1. The van der Waals surface area contributed by atoms with Crippen molar-refractivity contribution in [2.45, 2.75) is 39.1 Å². The fraction of sp³-hybridized carbons (Fsp3) is 0.542. The standard InChI is InChI=1S/C24H35BCl2N4O7/c1-14(2)9-19(29-20(32)13-28-23(35)17-12-16(26)7-8-18(17)27)25(37)38-24(36)15(10-21(33)30(3)4)11-22(34)31(5)6/h7-8,12,14-15,19,37H,9-11,13H2,1-6H3,(H,28,35)(H,29,32)/t19-/m0/s1. The fourth-order valence-electron chi connectivity index (χ4n) is 3.26.